The number of methoxy groups -OCH3 is 1. The maximum Gasteiger partial charge on any atom is 0.251 e. The standard InChI is InChI=1S/C21H27N3O3S/c1-27-19-9-4-14(20(26)22-15-5-7-16(25)8-6-15)12-17(19)18-13-28-21(23-18)24-10-2-3-11-24/h4,9,12-13,15-16,25H,2-3,5-8,10-11H2,1H3,(H,22,26). The van der Waals surface area contributed by atoms with Gasteiger partial charge in [0.25, 0.3) is 5.91 Å². The van der Waals surface area contributed by atoms with E-state index in [0.29, 0.717) is 5.56 Å². The molecule has 150 valence electrons. The summed E-state index contributed by atoms with van der Waals surface area (Å²) in [4.78, 5) is 19.9. The van der Waals surface area contributed by atoms with E-state index in [-0.39, 0.29) is 18.1 Å². The monoisotopic (exact) mass is 401 g/mol. The minimum Gasteiger partial charge on any atom is -0.496 e. The molecule has 0 radical (unpaired) electrons. The Balaban J connectivity index is 1.53. The van der Waals surface area contributed by atoms with Crippen LogP contribution in [0.1, 0.15) is 48.9 Å². The fourth-order valence-electron chi connectivity index (χ4n) is 3.98. The van der Waals surface area contributed by atoms with Gasteiger partial charge in [0.2, 0.25) is 0 Å². The molecule has 0 unspecified atom stereocenters. The summed E-state index contributed by atoms with van der Waals surface area (Å²) in [6.07, 6.45) is 5.34. The molecule has 2 heterocycles. The predicted octanol–water partition coefficient (Wildman–Crippen LogP) is 3.45. The normalized spacial score (nSPS) is 22.3. The summed E-state index contributed by atoms with van der Waals surface area (Å²) in [5, 5.41) is 15.8. The number of nitrogens with zero attached hydrogens (tertiary/aromatic N) is 2. The summed E-state index contributed by atoms with van der Waals surface area (Å²) in [5.74, 6) is 0.635. The Kier molecular flexibility index (Phi) is 5.82. The lowest BCUT2D eigenvalue weighted by Gasteiger charge is -2.26. The molecule has 28 heavy (non-hydrogen) atoms. The number of benzene rings is 1. The van der Waals surface area contributed by atoms with Crippen molar-refractivity contribution in [3.8, 4) is 17.0 Å². The second kappa shape index (κ2) is 8.49. The van der Waals surface area contributed by atoms with Crippen LogP contribution in [-0.2, 0) is 0 Å². The number of nitrogens with one attached hydrogen (secondary N) is 1. The molecular formula is C21H27N3O3S. The van der Waals surface area contributed by atoms with Crippen LogP contribution in [0.2, 0.25) is 0 Å². The van der Waals surface area contributed by atoms with Gasteiger partial charge in [-0.1, -0.05) is 0 Å². The molecule has 1 aromatic heterocycles. The summed E-state index contributed by atoms with van der Waals surface area (Å²) in [6, 6.07) is 5.63. The average molecular weight is 402 g/mol. The molecule has 1 aliphatic carbocycles. The first-order valence-electron chi connectivity index (χ1n) is 10.0. The number of hydrogen-bond donors (Lipinski definition) is 2. The van der Waals surface area contributed by atoms with E-state index in [4.69, 9.17) is 9.72 Å². The number of ether oxygens (including phenoxy) is 1. The smallest absolute Gasteiger partial charge is 0.251 e. The molecule has 1 aliphatic heterocycles. The lowest BCUT2D eigenvalue weighted by atomic mass is 9.93. The molecule has 2 aliphatic rings. The Hall–Kier alpha value is -2.12. The van der Waals surface area contributed by atoms with Gasteiger partial charge >= 0.3 is 0 Å². The number of rotatable bonds is 5. The molecular weight excluding hydrogens is 374 g/mol. The minimum atomic E-state index is -0.227. The van der Waals surface area contributed by atoms with Crippen LogP contribution in [0.3, 0.4) is 0 Å². The Morgan fingerprint density at radius 2 is 2.00 bits per heavy atom. The third-order valence-corrected chi connectivity index (χ3v) is 6.54. The van der Waals surface area contributed by atoms with Crippen LogP contribution in [0.5, 0.6) is 5.75 Å². The zero-order valence-corrected chi connectivity index (χ0v) is 17.0. The van der Waals surface area contributed by atoms with E-state index >= 15 is 0 Å². The number of thiazole rings is 1. The van der Waals surface area contributed by atoms with Crippen molar-refractivity contribution in [2.45, 2.75) is 50.7 Å². The average Bonchev–Trinajstić information content (AvgIpc) is 3.41. The molecule has 2 N–H and O–H groups in total. The number of carbonyl (C=O) groups excluding carboxylic acids is 1. The minimum absolute atomic E-state index is 0.0831. The maximum atomic E-state index is 12.8. The molecule has 1 saturated heterocycles. The maximum absolute atomic E-state index is 12.8. The summed E-state index contributed by atoms with van der Waals surface area (Å²) in [7, 11) is 1.64. The fourth-order valence-corrected chi connectivity index (χ4v) is 4.86. The number of hydrogen-bond acceptors (Lipinski definition) is 6. The number of carbonyl (C=O) groups is 1. The quantitative estimate of drug-likeness (QED) is 0.803. The van der Waals surface area contributed by atoms with E-state index in [2.05, 4.69) is 10.2 Å². The highest BCUT2D eigenvalue weighted by molar-refractivity contribution is 7.14. The summed E-state index contributed by atoms with van der Waals surface area (Å²) in [5.41, 5.74) is 2.30. The van der Waals surface area contributed by atoms with Crippen molar-refractivity contribution in [3.05, 3.63) is 29.1 Å². The Labute approximate surface area is 169 Å². The molecule has 1 saturated carbocycles. The second-order valence-electron chi connectivity index (χ2n) is 7.60. The number of aromatic nitrogens is 1. The van der Waals surface area contributed by atoms with Crippen molar-refractivity contribution < 1.29 is 14.6 Å². The summed E-state index contributed by atoms with van der Waals surface area (Å²) in [6.45, 7) is 2.12. The molecule has 1 amide bonds. The Bertz CT molecular complexity index is 824. The molecule has 7 heteroatoms. The third-order valence-electron chi connectivity index (χ3n) is 5.64. The highest BCUT2D eigenvalue weighted by Gasteiger charge is 2.22. The molecule has 1 aromatic carbocycles. The van der Waals surface area contributed by atoms with Gasteiger partial charge in [0.15, 0.2) is 5.13 Å². The van der Waals surface area contributed by atoms with E-state index in [1.807, 2.05) is 17.5 Å². The van der Waals surface area contributed by atoms with Crippen molar-refractivity contribution in [2.24, 2.45) is 0 Å². The van der Waals surface area contributed by atoms with Crippen molar-refractivity contribution in [1.29, 1.82) is 0 Å². The van der Waals surface area contributed by atoms with Crippen LogP contribution >= 0.6 is 11.3 Å². The second-order valence-corrected chi connectivity index (χ2v) is 8.44. The van der Waals surface area contributed by atoms with Crippen molar-refractivity contribution >= 4 is 22.4 Å². The van der Waals surface area contributed by atoms with Crippen LogP contribution in [0.4, 0.5) is 5.13 Å². The molecule has 6 nitrogen and oxygen atoms in total. The lowest BCUT2D eigenvalue weighted by Crippen LogP contribution is -2.38. The van der Waals surface area contributed by atoms with E-state index in [9.17, 15) is 9.90 Å². The highest BCUT2D eigenvalue weighted by Crippen LogP contribution is 2.35. The molecule has 2 aromatic rings. The van der Waals surface area contributed by atoms with Gasteiger partial charge < -0.3 is 20.1 Å². The van der Waals surface area contributed by atoms with Gasteiger partial charge in [0.05, 0.1) is 18.9 Å². The van der Waals surface area contributed by atoms with Crippen molar-refractivity contribution in [3.63, 3.8) is 0 Å². The van der Waals surface area contributed by atoms with Crippen LogP contribution in [0.25, 0.3) is 11.3 Å². The van der Waals surface area contributed by atoms with E-state index in [1.54, 1.807) is 24.5 Å². The van der Waals surface area contributed by atoms with Gasteiger partial charge in [-0.05, 0) is 56.7 Å². The largest absolute Gasteiger partial charge is 0.496 e. The first kappa shape index (κ1) is 19.2. The van der Waals surface area contributed by atoms with Gasteiger partial charge in [0, 0.05) is 35.6 Å². The zero-order valence-electron chi connectivity index (χ0n) is 16.2. The molecule has 0 atom stereocenters. The molecule has 0 bridgehead atoms. The van der Waals surface area contributed by atoms with Crippen LogP contribution in [0, 0.1) is 0 Å². The van der Waals surface area contributed by atoms with Gasteiger partial charge in [-0.15, -0.1) is 11.3 Å². The summed E-state index contributed by atoms with van der Waals surface area (Å²) >= 11 is 1.64. The molecule has 4 rings (SSSR count). The zero-order chi connectivity index (χ0) is 19.5. The molecule has 0 spiro atoms. The predicted molar refractivity (Wildman–Crippen MR) is 111 cm³/mol. The van der Waals surface area contributed by atoms with Crippen molar-refractivity contribution in [2.75, 3.05) is 25.1 Å². The third kappa shape index (κ3) is 4.15. The first-order valence-corrected chi connectivity index (χ1v) is 10.9. The lowest BCUT2D eigenvalue weighted by molar-refractivity contribution is 0.0867. The number of aliphatic hydroxyl groups excluding tert-OH is 1. The van der Waals surface area contributed by atoms with Gasteiger partial charge in [-0.3, -0.25) is 4.79 Å². The van der Waals surface area contributed by atoms with E-state index in [1.165, 1.54) is 12.8 Å². The number of anilines is 1. The van der Waals surface area contributed by atoms with Crippen LogP contribution < -0.4 is 15.0 Å². The molecule has 2 fully saturated rings. The topological polar surface area (TPSA) is 74.7 Å². The van der Waals surface area contributed by atoms with Gasteiger partial charge in [0.1, 0.15) is 5.75 Å². The van der Waals surface area contributed by atoms with E-state index in [0.717, 1.165) is 60.9 Å². The van der Waals surface area contributed by atoms with Crippen LogP contribution in [-0.4, -0.2) is 48.3 Å². The number of amides is 1. The van der Waals surface area contributed by atoms with Crippen molar-refractivity contribution in [1.82, 2.24) is 10.3 Å². The highest BCUT2D eigenvalue weighted by atomic mass is 32.1. The van der Waals surface area contributed by atoms with Gasteiger partial charge in [-0.2, -0.15) is 0 Å². The Morgan fingerprint density at radius 1 is 1.25 bits per heavy atom. The summed E-state index contributed by atoms with van der Waals surface area (Å²) < 4.78 is 5.52. The van der Waals surface area contributed by atoms with Crippen LogP contribution in [0.15, 0.2) is 23.6 Å². The Morgan fingerprint density at radius 3 is 2.71 bits per heavy atom. The SMILES string of the molecule is COc1ccc(C(=O)NC2CCC(O)CC2)cc1-c1csc(N2CCCC2)n1. The number of aliphatic hydroxyl groups is 1. The fraction of sp³-hybridized carbons (Fsp3) is 0.524. The van der Waals surface area contributed by atoms with E-state index < -0.39 is 0 Å². The van der Waals surface area contributed by atoms with Gasteiger partial charge in [-0.25, -0.2) is 4.98 Å². The first-order chi connectivity index (χ1) is 13.6.